The number of piperazine rings is 1. The standard InChI is InChI=1S/C22H25ClN4OS/c1-14-16(3)29-21-19(14)20(24-18(25-21)13-17-7-5-4-6-8-17)26-9-11-27(12-10-26)22(28)15(2)23/h4-8,15H,9-13H2,1-3H3/t15-/m0/s1. The van der Waals surface area contributed by atoms with E-state index in [0.29, 0.717) is 19.5 Å². The minimum absolute atomic E-state index is 0.00600. The fourth-order valence-corrected chi connectivity index (χ4v) is 4.93. The van der Waals surface area contributed by atoms with Crippen LogP contribution in [0.5, 0.6) is 0 Å². The van der Waals surface area contributed by atoms with E-state index < -0.39 is 5.38 Å². The second kappa shape index (κ2) is 8.28. The Morgan fingerprint density at radius 3 is 2.48 bits per heavy atom. The van der Waals surface area contributed by atoms with Crippen LogP contribution in [-0.4, -0.2) is 52.3 Å². The minimum atomic E-state index is -0.480. The van der Waals surface area contributed by atoms with Crippen molar-refractivity contribution in [1.29, 1.82) is 0 Å². The Morgan fingerprint density at radius 2 is 1.83 bits per heavy atom. The second-order valence-electron chi connectivity index (χ2n) is 7.52. The van der Waals surface area contributed by atoms with Gasteiger partial charge in [0.2, 0.25) is 5.91 Å². The number of rotatable bonds is 4. The Kier molecular flexibility index (Phi) is 5.74. The molecule has 4 rings (SSSR count). The lowest BCUT2D eigenvalue weighted by Gasteiger charge is -2.36. The summed E-state index contributed by atoms with van der Waals surface area (Å²) in [6.45, 7) is 8.85. The summed E-state index contributed by atoms with van der Waals surface area (Å²) in [5.74, 6) is 1.84. The molecule has 0 bridgehead atoms. The predicted molar refractivity (Wildman–Crippen MR) is 120 cm³/mol. The summed E-state index contributed by atoms with van der Waals surface area (Å²) in [5.41, 5.74) is 2.45. The summed E-state index contributed by atoms with van der Waals surface area (Å²) in [4.78, 5) is 28.5. The quantitative estimate of drug-likeness (QED) is 0.585. The molecular formula is C22H25ClN4OS. The number of carbonyl (C=O) groups is 1. The molecule has 2 aromatic heterocycles. The third-order valence-electron chi connectivity index (χ3n) is 5.49. The molecular weight excluding hydrogens is 404 g/mol. The second-order valence-corrected chi connectivity index (χ2v) is 9.38. The third-order valence-corrected chi connectivity index (χ3v) is 6.78. The summed E-state index contributed by atoms with van der Waals surface area (Å²) in [6.07, 6.45) is 0.710. The molecule has 7 heteroatoms. The van der Waals surface area contributed by atoms with Gasteiger partial charge in [-0.15, -0.1) is 22.9 Å². The number of carbonyl (C=O) groups excluding carboxylic acids is 1. The number of hydrogen-bond donors (Lipinski definition) is 0. The number of thiophene rings is 1. The van der Waals surface area contributed by atoms with E-state index in [1.54, 1.807) is 18.3 Å². The fourth-order valence-electron chi connectivity index (χ4n) is 3.75. The monoisotopic (exact) mass is 428 g/mol. The van der Waals surface area contributed by atoms with Gasteiger partial charge in [0.25, 0.3) is 0 Å². The smallest absolute Gasteiger partial charge is 0.240 e. The van der Waals surface area contributed by atoms with Crippen molar-refractivity contribution in [2.45, 2.75) is 32.6 Å². The van der Waals surface area contributed by atoms with Gasteiger partial charge in [-0.3, -0.25) is 4.79 Å². The largest absolute Gasteiger partial charge is 0.352 e. The molecule has 1 atom stereocenters. The van der Waals surface area contributed by atoms with Crippen molar-refractivity contribution >= 4 is 44.9 Å². The van der Waals surface area contributed by atoms with Gasteiger partial charge in [0.05, 0.1) is 5.39 Å². The number of halogens is 1. The van der Waals surface area contributed by atoms with Crippen LogP contribution in [0.4, 0.5) is 5.82 Å². The summed E-state index contributed by atoms with van der Waals surface area (Å²) in [6, 6.07) is 10.3. The minimum Gasteiger partial charge on any atom is -0.352 e. The molecule has 1 amide bonds. The number of aromatic nitrogens is 2. The van der Waals surface area contributed by atoms with E-state index in [-0.39, 0.29) is 5.91 Å². The van der Waals surface area contributed by atoms with E-state index in [1.807, 2.05) is 23.1 Å². The van der Waals surface area contributed by atoms with Gasteiger partial charge in [0, 0.05) is 37.5 Å². The van der Waals surface area contributed by atoms with Crippen molar-refractivity contribution in [3.8, 4) is 0 Å². The molecule has 0 N–H and O–H groups in total. The molecule has 1 fully saturated rings. The van der Waals surface area contributed by atoms with Crippen LogP contribution in [-0.2, 0) is 11.2 Å². The van der Waals surface area contributed by atoms with Crippen molar-refractivity contribution in [2.24, 2.45) is 0 Å². The lowest BCUT2D eigenvalue weighted by molar-refractivity contribution is -0.130. The average Bonchev–Trinajstić information content (AvgIpc) is 3.01. The van der Waals surface area contributed by atoms with Gasteiger partial charge in [0.1, 0.15) is 21.8 Å². The van der Waals surface area contributed by atoms with E-state index >= 15 is 0 Å². The van der Waals surface area contributed by atoms with Gasteiger partial charge in [-0.05, 0) is 31.9 Å². The number of amides is 1. The van der Waals surface area contributed by atoms with Crippen molar-refractivity contribution in [3.63, 3.8) is 0 Å². The Balaban J connectivity index is 1.66. The maximum absolute atomic E-state index is 12.2. The topological polar surface area (TPSA) is 49.3 Å². The van der Waals surface area contributed by atoms with Crippen LogP contribution in [0, 0.1) is 13.8 Å². The van der Waals surface area contributed by atoms with Crippen molar-refractivity contribution in [1.82, 2.24) is 14.9 Å². The molecule has 1 aromatic carbocycles. The molecule has 1 aliphatic heterocycles. The first-order valence-electron chi connectivity index (χ1n) is 9.92. The summed E-state index contributed by atoms with van der Waals surface area (Å²) in [7, 11) is 0. The average molecular weight is 429 g/mol. The molecule has 0 spiro atoms. The molecule has 1 aliphatic rings. The third kappa shape index (κ3) is 4.09. The molecule has 0 aliphatic carbocycles. The van der Waals surface area contributed by atoms with E-state index in [0.717, 1.165) is 34.9 Å². The van der Waals surface area contributed by atoms with Crippen LogP contribution in [0.3, 0.4) is 0 Å². The number of fused-ring (bicyclic) bond motifs is 1. The van der Waals surface area contributed by atoms with Crippen LogP contribution in [0.1, 0.15) is 28.8 Å². The first-order valence-corrected chi connectivity index (χ1v) is 11.2. The van der Waals surface area contributed by atoms with Gasteiger partial charge >= 0.3 is 0 Å². The first kappa shape index (κ1) is 20.1. The van der Waals surface area contributed by atoms with Crippen LogP contribution >= 0.6 is 22.9 Å². The van der Waals surface area contributed by atoms with Gasteiger partial charge in [0.15, 0.2) is 0 Å². The predicted octanol–water partition coefficient (Wildman–Crippen LogP) is 4.17. The molecule has 29 heavy (non-hydrogen) atoms. The van der Waals surface area contributed by atoms with Crippen LogP contribution in [0.2, 0.25) is 0 Å². The molecule has 3 heterocycles. The highest BCUT2D eigenvalue weighted by Gasteiger charge is 2.27. The highest BCUT2D eigenvalue weighted by Crippen LogP contribution is 2.35. The molecule has 0 saturated carbocycles. The lowest BCUT2D eigenvalue weighted by Crippen LogP contribution is -2.50. The van der Waals surface area contributed by atoms with Crippen molar-refractivity contribution in [3.05, 3.63) is 52.2 Å². The normalized spacial score (nSPS) is 15.7. The fraction of sp³-hybridized carbons (Fsp3) is 0.409. The van der Waals surface area contributed by atoms with Crippen molar-refractivity contribution in [2.75, 3.05) is 31.1 Å². The maximum atomic E-state index is 12.2. The molecule has 0 unspecified atom stereocenters. The summed E-state index contributed by atoms with van der Waals surface area (Å²) in [5, 5.41) is 0.668. The van der Waals surface area contributed by atoms with Gasteiger partial charge in [-0.25, -0.2) is 9.97 Å². The molecule has 5 nitrogen and oxygen atoms in total. The molecule has 0 radical (unpaired) electrons. The summed E-state index contributed by atoms with van der Waals surface area (Å²) >= 11 is 7.72. The zero-order valence-corrected chi connectivity index (χ0v) is 18.6. The molecule has 1 saturated heterocycles. The van der Waals surface area contributed by atoms with Crippen LogP contribution < -0.4 is 4.90 Å². The maximum Gasteiger partial charge on any atom is 0.240 e. The first-order chi connectivity index (χ1) is 13.9. The van der Waals surface area contributed by atoms with Crippen LogP contribution in [0.25, 0.3) is 10.2 Å². The number of alkyl halides is 1. The number of aryl methyl sites for hydroxylation is 2. The zero-order valence-electron chi connectivity index (χ0n) is 17.0. The van der Waals surface area contributed by atoms with E-state index in [9.17, 15) is 4.79 Å². The zero-order chi connectivity index (χ0) is 20.5. The van der Waals surface area contributed by atoms with Crippen LogP contribution in [0.15, 0.2) is 30.3 Å². The lowest BCUT2D eigenvalue weighted by atomic mass is 10.1. The van der Waals surface area contributed by atoms with Gasteiger partial charge in [-0.2, -0.15) is 0 Å². The Bertz CT molecular complexity index is 1030. The SMILES string of the molecule is Cc1sc2nc(Cc3ccccc3)nc(N3CCN(C(=O)[C@H](C)Cl)CC3)c2c1C. The van der Waals surface area contributed by atoms with Gasteiger partial charge < -0.3 is 9.80 Å². The Morgan fingerprint density at radius 1 is 1.14 bits per heavy atom. The van der Waals surface area contributed by atoms with E-state index in [2.05, 4.69) is 30.9 Å². The Hall–Kier alpha value is -2.18. The summed E-state index contributed by atoms with van der Waals surface area (Å²) < 4.78 is 0. The highest BCUT2D eigenvalue weighted by molar-refractivity contribution is 7.18. The van der Waals surface area contributed by atoms with E-state index in [1.165, 1.54) is 16.0 Å². The molecule has 152 valence electrons. The number of benzene rings is 1. The van der Waals surface area contributed by atoms with Crippen molar-refractivity contribution < 1.29 is 4.79 Å². The number of anilines is 1. The van der Waals surface area contributed by atoms with E-state index in [4.69, 9.17) is 21.6 Å². The Labute approximate surface area is 180 Å². The number of hydrogen-bond acceptors (Lipinski definition) is 5. The highest BCUT2D eigenvalue weighted by atomic mass is 35.5. The molecule has 3 aromatic rings. The number of nitrogens with zero attached hydrogens (tertiary/aromatic N) is 4. The van der Waals surface area contributed by atoms with Gasteiger partial charge in [-0.1, -0.05) is 30.3 Å².